The number of pyridine rings is 1. The lowest BCUT2D eigenvalue weighted by Crippen LogP contribution is -2.29. The molecule has 120 valence electrons. The average molecular weight is 311 g/mol. The van der Waals surface area contributed by atoms with Crippen LogP contribution in [0.2, 0.25) is 0 Å². The summed E-state index contributed by atoms with van der Waals surface area (Å²) in [5.74, 6) is 0.476. The molecule has 0 aliphatic carbocycles. The highest BCUT2D eigenvalue weighted by Crippen LogP contribution is 2.17. The lowest BCUT2D eigenvalue weighted by atomic mass is 10.1. The molecule has 23 heavy (non-hydrogen) atoms. The molecular formula is C17H21N5O. The Morgan fingerprint density at radius 3 is 2.61 bits per heavy atom. The van der Waals surface area contributed by atoms with E-state index in [1.165, 1.54) is 0 Å². The maximum absolute atomic E-state index is 12.5. The van der Waals surface area contributed by atoms with Gasteiger partial charge in [-0.05, 0) is 50.5 Å². The molecule has 6 nitrogen and oxygen atoms in total. The number of hydrogen-bond donors (Lipinski definition) is 1. The molecule has 0 spiro atoms. The van der Waals surface area contributed by atoms with Gasteiger partial charge in [-0.25, -0.2) is 9.97 Å². The van der Waals surface area contributed by atoms with Crippen molar-refractivity contribution in [1.82, 2.24) is 20.3 Å². The first-order chi connectivity index (χ1) is 11.1. The lowest BCUT2D eigenvalue weighted by molar-refractivity contribution is 0.0934. The first-order valence-electron chi connectivity index (χ1n) is 7.95. The van der Waals surface area contributed by atoms with Gasteiger partial charge in [-0.1, -0.05) is 0 Å². The molecule has 1 N–H and O–H groups in total. The summed E-state index contributed by atoms with van der Waals surface area (Å²) in [4.78, 5) is 27.6. The van der Waals surface area contributed by atoms with Gasteiger partial charge in [0.25, 0.3) is 5.91 Å². The lowest BCUT2D eigenvalue weighted by Gasteiger charge is -2.17. The van der Waals surface area contributed by atoms with Crippen molar-refractivity contribution < 1.29 is 4.79 Å². The molecule has 6 heteroatoms. The number of aryl methyl sites for hydroxylation is 1. The molecule has 1 saturated heterocycles. The van der Waals surface area contributed by atoms with E-state index in [1.54, 1.807) is 18.5 Å². The summed E-state index contributed by atoms with van der Waals surface area (Å²) < 4.78 is 0. The highest BCUT2D eigenvalue weighted by Gasteiger charge is 2.19. The van der Waals surface area contributed by atoms with Gasteiger partial charge in [0.15, 0.2) is 0 Å². The second-order valence-electron chi connectivity index (χ2n) is 5.86. The number of aromatic nitrogens is 3. The summed E-state index contributed by atoms with van der Waals surface area (Å²) in [6.45, 7) is 5.75. The quantitative estimate of drug-likeness (QED) is 0.938. The van der Waals surface area contributed by atoms with Crippen LogP contribution in [0.3, 0.4) is 0 Å². The number of nitrogens with zero attached hydrogens (tertiary/aromatic N) is 4. The minimum Gasteiger partial charge on any atom is -0.344 e. The fourth-order valence-electron chi connectivity index (χ4n) is 2.73. The fourth-order valence-corrected chi connectivity index (χ4v) is 2.73. The van der Waals surface area contributed by atoms with Crippen molar-refractivity contribution in [1.29, 1.82) is 0 Å². The standard InChI is InChI=1S/C17H21N5O/c1-12-11-15(21-17(19-12)22-9-3-4-10-22)16(23)20-13(2)14-5-7-18-8-6-14/h5-8,11,13H,3-4,9-10H2,1-2H3,(H,20,23)/t13-/m1/s1. The van der Waals surface area contributed by atoms with E-state index < -0.39 is 0 Å². The van der Waals surface area contributed by atoms with Gasteiger partial charge in [-0.2, -0.15) is 0 Å². The van der Waals surface area contributed by atoms with Crippen molar-refractivity contribution in [3.05, 3.63) is 47.5 Å². The van der Waals surface area contributed by atoms with Gasteiger partial charge in [0.1, 0.15) is 5.69 Å². The molecule has 1 fully saturated rings. The number of carbonyl (C=O) groups is 1. The minimum absolute atomic E-state index is 0.101. The molecule has 2 aromatic heterocycles. The molecule has 0 bridgehead atoms. The zero-order chi connectivity index (χ0) is 16.2. The Morgan fingerprint density at radius 1 is 1.22 bits per heavy atom. The number of hydrogen-bond acceptors (Lipinski definition) is 5. The van der Waals surface area contributed by atoms with Crippen molar-refractivity contribution in [3.8, 4) is 0 Å². The van der Waals surface area contributed by atoms with E-state index in [-0.39, 0.29) is 11.9 Å². The summed E-state index contributed by atoms with van der Waals surface area (Å²) in [6, 6.07) is 5.42. The molecule has 0 radical (unpaired) electrons. The molecule has 1 aliphatic rings. The Balaban J connectivity index is 1.76. The summed E-state index contributed by atoms with van der Waals surface area (Å²) in [5.41, 5.74) is 2.24. The van der Waals surface area contributed by atoms with Crippen molar-refractivity contribution in [3.63, 3.8) is 0 Å². The Bertz CT molecular complexity index is 683. The highest BCUT2D eigenvalue weighted by atomic mass is 16.1. The van der Waals surface area contributed by atoms with Crippen LogP contribution in [0.15, 0.2) is 30.6 Å². The van der Waals surface area contributed by atoms with Crippen LogP contribution in [-0.4, -0.2) is 33.9 Å². The van der Waals surface area contributed by atoms with E-state index in [0.29, 0.717) is 11.6 Å². The number of nitrogens with one attached hydrogen (secondary N) is 1. The van der Waals surface area contributed by atoms with Gasteiger partial charge < -0.3 is 10.2 Å². The Kier molecular flexibility index (Phi) is 4.50. The van der Waals surface area contributed by atoms with E-state index in [1.807, 2.05) is 26.0 Å². The largest absolute Gasteiger partial charge is 0.344 e. The molecule has 3 heterocycles. The van der Waals surface area contributed by atoms with Gasteiger partial charge in [0.2, 0.25) is 5.95 Å². The van der Waals surface area contributed by atoms with E-state index in [9.17, 15) is 4.79 Å². The van der Waals surface area contributed by atoms with Crippen LogP contribution in [0.1, 0.15) is 47.6 Å². The van der Waals surface area contributed by atoms with E-state index in [0.717, 1.165) is 37.2 Å². The van der Waals surface area contributed by atoms with Gasteiger partial charge in [-0.15, -0.1) is 0 Å². The van der Waals surface area contributed by atoms with Gasteiger partial charge in [0, 0.05) is 31.2 Å². The van der Waals surface area contributed by atoms with Crippen molar-refractivity contribution in [2.24, 2.45) is 0 Å². The van der Waals surface area contributed by atoms with Crippen LogP contribution in [0.4, 0.5) is 5.95 Å². The van der Waals surface area contributed by atoms with Crippen LogP contribution in [-0.2, 0) is 0 Å². The number of rotatable bonds is 4. The van der Waals surface area contributed by atoms with E-state index in [2.05, 4.69) is 25.2 Å². The Morgan fingerprint density at radius 2 is 1.91 bits per heavy atom. The SMILES string of the molecule is Cc1cc(C(=O)N[C@H](C)c2ccncc2)nc(N2CCCC2)n1. The maximum atomic E-state index is 12.5. The molecule has 1 aliphatic heterocycles. The highest BCUT2D eigenvalue weighted by molar-refractivity contribution is 5.92. The molecule has 0 unspecified atom stereocenters. The van der Waals surface area contributed by atoms with Crippen molar-refractivity contribution >= 4 is 11.9 Å². The molecular weight excluding hydrogens is 290 g/mol. The summed E-state index contributed by atoms with van der Waals surface area (Å²) in [7, 11) is 0. The smallest absolute Gasteiger partial charge is 0.270 e. The predicted molar refractivity (Wildman–Crippen MR) is 88.3 cm³/mol. The van der Waals surface area contributed by atoms with Crippen LogP contribution in [0.5, 0.6) is 0 Å². The monoisotopic (exact) mass is 311 g/mol. The number of amides is 1. The van der Waals surface area contributed by atoms with Crippen LogP contribution in [0, 0.1) is 6.92 Å². The summed E-state index contributed by atoms with van der Waals surface area (Å²) in [6.07, 6.45) is 5.74. The minimum atomic E-state index is -0.180. The predicted octanol–water partition coefficient (Wildman–Crippen LogP) is 2.27. The number of carbonyl (C=O) groups excluding carboxylic acids is 1. The maximum Gasteiger partial charge on any atom is 0.270 e. The van der Waals surface area contributed by atoms with Gasteiger partial charge in [-0.3, -0.25) is 9.78 Å². The first kappa shape index (κ1) is 15.4. The second kappa shape index (κ2) is 6.73. The van der Waals surface area contributed by atoms with E-state index >= 15 is 0 Å². The molecule has 0 saturated carbocycles. The second-order valence-corrected chi connectivity index (χ2v) is 5.86. The van der Waals surface area contributed by atoms with Gasteiger partial charge in [0.05, 0.1) is 6.04 Å². The third kappa shape index (κ3) is 3.64. The van der Waals surface area contributed by atoms with Crippen LogP contribution >= 0.6 is 0 Å². The van der Waals surface area contributed by atoms with Crippen LogP contribution in [0.25, 0.3) is 0 Å². The topological polar surface area (TPSA) is 71.0 Å². The van der Waals surface area contributed by atoms with Crippen molar-refractivity contribution in [2.45, 2.75) is 32.7 Å². The van der Waals surface area contributed by atoms with Crippen LogP contribution < -0.4 is 10.2 Å². The normalized spacial score (nSPS) is 15.5. The summed E-state index contributed by atoms with van der Waals surface area (Å²) >= 11 is 0. The molecule has 0 aromatic carbocycles. The molecule has 3 rings (SSSR count). The molecule has 2 aromatic rings. The molecule has 1 atom stereocenters. The average Bonchev–Trinajstić information content (AvgIpc) is 3.09. The Hall–Kier alpha value is -2.50. The first-order valence-corrected chi connectivity index (χ1v) is 7.95. The van der Waals surface area contributed by atoms with Crippen molar-refractivity contribution in [2.75, 3.05) is 18.0 Å². The fraction of sp³-hybridized carbons (Fsp3) is 0.412. The number of anilines is 1. The third-order valence-corrected chi connectivity index (χ3v) is 4.02. The summed E-state index contributed by atoms with van der Waals surface area (Å²) in [5, 5.41) is 2.98. The zero-order valence-corrected chi connectivity index (χ0v) is 13.5. The van der Waals surface area contributed by atoms with Gasteiger partial charge >= 0.3 is 0 Å². The third-order valence-electron chi connectivity index (χ3n) is 4.02. The molecule has 1 amide bonds. The zero-order valence-electron chi connectivity index (χ0n) is 13.5. The van der Waals surface area contributed by atoms with E-state index in [4.69, 9.17) is 0 Å². The Labute approximate surface area is 136 Å².